The highest BCUT2D eigenvalue weighted by molar-refractivity contribution is 7.90. The molecule has 130 valence electrons. The molecule has 0 aliphatic carbocycles. The summed E-state index contributed by atoms with van der Waals surface area (Å²) in [6.07, 6.45) is -0.343. The molecule has 0 radical (unpaired) electrons. The minimum Gasteiger partial charge on any atom is -0.370 e. The number of nitrogens with zero attached hydrogens (tertiary/aromatic N) is 2. The SMILES string of the molecule is O=S1(=O)N=C(N2CCOC(c3ccc(F)c(Cl)c3)C2)c2ccccc21. The molecule has 2 aliphatic rings. The smallest absolute Gasteiger partial charge is 0.285 e. The Kier molecular flexibility index (Phi) is 4.02. The van der Waals surface area contributed by atoms with Crippen LogP contribution in [-0.4, -0.2) is 38.8 Å². The minimum absolute atomic E-state index is 0.0318. The van der Waals surface area contributed by atoms with Crippen LogP contribution in [0.3, 0.4) is 0 Å². The highest BCUT2D eigenvalue weighted by Gasteiger charge is 2.34. The molecule has 2 aromatic carbocycles. The van der Waals surface area contributed by atoms with Gasteiger partial charge in [-0.2, -0.15) is 8.42 Å². The second kappa shape index (κ2) is 6.09. The van der Waals surface area contributed by atoms with Gasteiger partial charge in [-0.15, -0.1) is 4.40 Å². The van der Waals surface area contributed by atoms with Gasteiger partial charge in [0.1, 0.15) is 16.8 Å². The van der Waals surface area contributed by atoms with Gasteiger partial charge in [0.15, 0.2) is 5.84 Å². The summed E-state index contributed by atoms with van der Waals surface area (Å²) >= 11 is 5.85. The van der Waals surface area contributed by atoms with Crippen LogP contribution in [-0.2, 0) is 14.8 Å². The van der Waals surface area contributed by atoms with Crippen LogP contribution in [0.4, 0.5) is 4.39 Å². The molecule has 2 aromatic rings. The fourth-order valence-corrected chi connectivity index (χ4v) is 4.49. The number of hydrogen-bond acceptors (Lipinski definition) is 4. The van der Waals surface area contributed by atoms with Crippen molar-refractivity contribution in [1.29, 1.82) is 0 Å². The predicted octanol–water partition coefficient (Wildman–Crippen LogP) is 3.00. The van der Waals surface area contributed by atoms with E-state index < -0.39 is 15.8 Å². The number of halogens is 2. The van der Waals surface area contributed by atoms with Gasteiger partial charge in [-0.3, -0.25) is 0 Å². The van der Waals surface area contributed by atoms with E-state index in [9.17, 15) is 12.8 Å². The highest BCUT2D eigenvalue weighted by Crippen LogP contribution is 2.31. The van der Waals surface area contributed by atoms with E-state index in [1.54, 1.807) is 30.3 Å². The average molecular weight is 381 g/mol. The van der Waals surface area contributed by atoms with Crippen LogP contribution in [0.15, 0.2) is 51.8 Å². The van der Waals surface area contributed by atoms with E-state index in [0.29, 0.717) is 31.1 Å². The Morgan fingerprint density at radius 3 is 2.84 bits per heavy atom. The van der Waals surface area contributed by atoms with Gasteiger partial charge in [-0.05, 0) is 29.8 Å². The molecule has 0 N–H and O–H groups in total. The lowest BCUT2D eigenvalue weighted by molar-refractivity contribution is -0.00665. The Hall–Kier alpha value is -1.96. The molecule has 1 saturated heterocycles. The Bertz CT molecular complexity index is 978. The van der Waals surface area contributed by atoms with E-state index in [-0.39, 0.29) is 16.0 Å². The zero-order valence-electron chi connectivity index (χ0n) is 13.0. The fourth-order valence-electron chi connectivity index (χ4n) is 3.07. The van der Waals surface area contributed by atoms with Crippen molar-refractivity contribution >= 4 is 27.5 Å². The minimum atomic E-state index is -3.66. The third kappa shape index (κ3) is 2.92. The molecule has 4 rings (SSSR count). The van der Waals surface area contributed by atoms with Crippen molar-refractivity contribution < 1.29 is 17.5 Å². The van der Waals surface area contributed by atoms with Gasteiger partial charge in [0.2, 0.25) is 0 Å². The average Bonchev–Trinajstić information content (AvgIpc) is 2.89. The second-order valence-corrected chi connectivity index (χ2v) is 7.84. The van der Waals surface area contributed by atoms with Crippen LogP contribution >= 0.6 is 11.6 Å². The molecule has 0 bridgehead atoms. The monoisotopic (exact) mass is 380 g/mol. The Labute approximate surface area is 149 Å². The second-order valence-electron chi connectivity index (χ2n) is 5.87. The molecule has 25 heavy (non-hydrogen) atoms. The van der Waals surface area contributed by atoms with Crippen LogP contribution in [0.5, 0.6) is 0 Å². The molecule has 1 atom stereocenters. The van der Waals surface area contributed by atoms with Crippen molar-refractivity contribution in [2.75, 3.05) is 19.7 Å². The molecular weight excluding hydrogens is 367 g/mol. The summed E-state index contributed by atoms with van der Waals surface area (Å²) < 4.78 is 47.5. The van der Waals surface area contributed by atoms with Gasteiger partial charge in [0, 0.05) is 18.7 Å². The Morgan fingerprint density at radius 1 is 1.24 bits per heavy atom. The van der Waals surface area contributed by atoms with E-state index >= 15 is 0 Å². The summed E-state index contributed by atoms with van der Waals surface area (Å²) in [7, 11) is -3.66. The molecular formula is C17H14ClFN2O3S. The van der Waals surface area contributed by atoms with Crippen LogP contribution < -0.4 is 0 Å². The van der Waals surface area contributed by atoms with E-state index in [0.717, 1.165) is 5.56 Å². The van der Waals surface area contributed by atoms with E-state index in [4.69, 9.17) is 16.3 Å². The van der Waals surface area contributed by atoms with Crippen molar-refractivity contribution in [3.05, 3.63) is 64.4 Å². The molecule has 0 saturated carbocycles. The first-order chi connectivity index (χ1) is 12.0. The van der Waals surface area contributed by atoms with Gasteiger partial charge in [0.05, 0.1) is 11.6 Å². The van der Waals surface area contributed by atoms with Crippen LogP contribution in [0.1, 0.15) is 17.2 Å². The maximum Gasteiger partial charge on any atom is 0.285 e. The predicted molar refractivity (Wildman–Crippen MR) is 91.8 cm³/mol. The summed E-state index contributed by atoms with van der Waals surface area (Å²) in [5.74, 6) is -0.0598. The molecule has 0 spiro atoms. The molecule has 0 aromatic heterocycles. The number of rotatable bonds is 1. The molecule has 5 nitrogen and oxygen atoms in total. The zero-order chi connectivity index (χ0) is 17.6. The third-order valence-electron chi connectivity index (χ3n) is 4.29. The lowest BCUT2D eigenvalue weighted by Gasteiger charge is -2.34. The van der Waals surface area contributed by atoms with Crippen LogP contribution in [0.2, 0.25) is 5.02 Å². The van der Waals surface area contributed by atoms with Crippen molar-refractivity contribution in [3.8, 4) is 0 Å². The van der Waals surface area contributed by atoms with Crippen LogP contribution in [0.25, 0.3) is 0 Å². The fraction of sp³-hybridized carbons (Fsp3) is 0.235. The maximum absolute atomic E-state index is 13.4. The number of sulfonamides is 1. The molecule has 2 heterocycles. The van der Waals surface area contributed by atoms with Gasteiger partial charge in [-0.25, -0.2) is 4.39 Å². The quantitative estimate of drug-likeness (QED) is 0.763. The first-order valence-electron chi connectivity index (χ1n) is 7.71. The highest BCUT2D eigenvalue weighted by atomic mass is 35.5. The molecule has 1 fully saturated rings. The molecule has 2 aliphatic heterocycles. The van der Waals surface area contributed by atoms with Gasteiger partial charge < -0.3 is 9.64 Å². The summed E-state index contributed by atoms with van der Waals surface area (Å²) in [4.78, 5) is 2.10. The zero-order valence-corrected chi connectivity index (χ0v) is 14.6. The van der Waals surface area contributed by atoms with Crippen LogP contribution in [0, 0.1) is 5.82 Å². The topological polar surface area (TPSA) is 59.0 Å². The summed E-state index contributed by atoms with van der Waals surface area (Å²) in [6, 6.07) is 11.2. The summed E-state index contributed by atoms with van der Waals surface area (Å²) in [5.41, 5.74) is 1.34. The lowest BCUT2D eigenvalue weighted by Crippen LogP contribution is -2.42. The summed E-state index contributed by atoms with van der Waals surface area (Å²) in [5, 5.41) is 0.0318. The number of benzene rings is 2. The normalized spacial score (nSPS) is 21.8. The van der Waals surface area contributed by atoms with Gasteiger partial charge >= 0.3 is 0 Å². The van der Waals surface area contributed by atoms with Gasteiger partial charge in [-0.1, -0.05) is 29.8 Å². The number of hydrogen-bond donors (Lipinski definition) is 0. The van der Waals surface area contributed by atoms with E-state index in [1.807, 2.05) is 4.90 Å². The number of amidine groups is 1. The largest absolute Gasteiger partial charge is 0.370 e. The number of fused-ring (bicyclic) bond motifs is 1. The number of ether oxygens (including phenoxy) is 1. The maximum atomic E-state index is 13.4. The standard InChI is InChI=1S/C17H14ClFN2O3S/c18-13-9-11(5-6-14(13)19)15-10-21(7-8-24-15)17-12-3-1-2-4-16(12)25(22,23)20-17/h1-6,9,15H,7-8,10H2. The Balaban J connectivity index is 1.65. The molecule has 8 heteroatoms. The molecule has 1 unspecified atom stereocenters. The Morgan fingerprint density at radius 2 is 2.04 bits per heavy atom. The number of morpholine rings is 1. The summed E-state index contributed by atoms with van der Waals surface area (Å²) in [6.45, 7) is 1.33. The first kappa shape index (κ1) is 16.5. The van der Waals surface area contributed by atoms with E-state index in [2.05, 4.69) is 4.40 Å². The third-order valence-corrected chi connectivity index (χ3v) is 5.91. The van der Waals surface area contributed by atoms with E-state index in [1.165, 1.54) is 12.1 Å². The van der Waals surface area contributed by atoms with Gasteiger partial charge in [0.25, 0.3) is 10.0 Å². The van der Waals surface area contributed by atoms with Crippen molar-refractivity contribution in [3.63, 3.8) is 0 Å². The van der Waals surface area contributed by atoms with Crippen molar-refractivity contribution in [2.24, 2.45) is 4.40 Å². The van der Waals surface area contributed by atoms with Crippen molar-refractivity contribution in [2.45, 2.75) is 11.0 Å². The molecule has 0 amide bonds. The van der Waals surface area contributed by atoms with Crippen molar-refractivity contribution in [1.82, 2.24) is 4.90 Å². The first-order valence-corrected chi connectivity index (χ1v) is 9.53. The lowest BCUT2D eigenvalue weighted by atomic mass is 10.1.